The minimum absolute atomic E-state index is 0.0517. The third-order valence-electron chi connectivity index (χ3n) is 2.55. The lowest BCUT2D eigenvalue weighted by Gasteiger charge is -2.06. The molecular formula is C13H13N3O3. The van der Waals surface area contributed by atoms with Crippen LogP contribution in [0.25, 0.3) is 0 Å². The Labute approximate surface area is 110 Å². The van der Waals surface area contributed by atoms with Gasteiger partial charge in [-0.2, -0.15) is 4.98 Å². The van der Waals surface area contributed by atoms with Crippen molar-refractivity contribution in [2.75, 3.05) is 5.73 Å². The summed E-state index contributed by atoms with van der Waals surface area (Å²) in [5.41, 5.74) is 6.47. The van der Waals surface area contributed by atoms with Crippen molar-refractivity contribution in [3.05, 3.63) is 52.1 Å². The summed E-state index contributed by atoms with van der Waals surface area (Å²) in [4.78, 5) is 14.1. The Bertz CT molecular complexity index is 614. The first kappa shape index (κ1) is 12.8. The normalized spacial score (nSPS) is 10.2. The zero-order chi connectivity index (χ0) is 13.8. The molecule has 0 aliphatic heterocycles. The molecule has 0 atom stereocenters. The molecule has 2 aromatic rings. The maximum Gasteiger partial charge on any atom is 0.278 e. The van der Waals surface area contributed by atoms with E-state index in [0.717, 1.165) is 12.0 Å². The smallest absolute Gasteiger partial charge is 0.278 e. The second kappa shape index (κ2) is 5.34. The van der Waals surface area contributed by atoms with E-state index in [1.165, 1.54) is 12.1 Å². The molecule has 2 N–H and O–H groups in total. The van der Waals surface area contributed by atoms with Crippen molar-refractivity contribution in [2.45, 2.75) is 13.3 Å². The minimum Gasteiger partial charge on any atom is -0.439 e. The molecule has 0 aliphatic carbocycles. The van der Waals surface area contributed by atoms with E-state index in [2.05, 4.69) is 4.98 Å². The fraction of sp³-hybridized carbons (Fsp3) is 0.154. The number of nitrogen functional groups attached to an aromatic ring is 1. The quantitative estimate of drug-likeness (QED) is 0.673. The van der Waals surface area contributed by atoms with Crippen LogP contribution in [0.2, 0.25) is 0 Å². The van der Waals surface area contributed by atoms with Crippen molar-refractivity contribution in [1.82, 2.24) is 4.98 Å². The second-order valence-corrected chi connectivity index (χ2v) is 3.95. The minimum atomic E-state index is -0.534. The number of rotatable bonds is 4. The Hall–Kier alpha value is -2.63. The Morgan fingerprint density at radius 2 is 2.16 bits per heavy atom. The summed E-state index contributed by atoms with van der Waals surface area (Å²) in [7, 11) is 0. The molecule has 0 aliphatic rings. The highest BCUT2D eigenvalue weighted by molar-refractivity contribution is 5.46. The van der Waals surface area contributed by atoms with Gasteiger partial charge in [-0.1, -0.05) is 19.1 Å². The van der Waals surface area contributed by atoms with E-state index in [4.69, 9.17) is 10.5 Å². The zero-order valence-electron chi connectivity index (χ0n) is 10.4. The molecule has 0 spiro atoms. The van der Waals surface area contributed by atoms with Gasteiger partial charge in [-0.3, -0.25) is 10.1 Å². The van der Waals surface area contributed by atoms with E-state index in [1.54, 1.807) is 6.07 Å². The molecule has 1 heterocycles. The van der Waals surface area contributed by atoms with Gasteiger partial charge in [-0.15, -0.1) is 0 Å². The summed E-state index contributed by atoms with van der Waals surface area (Å²) < 4.78 is 5.50. The summed E-state index contributed by atoms with van der Waals surface area (Å²) in [6.45, 7) is 2.03. The van der Waals surface area contributed by atoms with Gasteiger partial charge in [0.1, 0.15) is 11.6 Å². The molecule has 0 saturated heterocycles. The van der Waals surface area contributed by atoms with Crippen molar-refractivity contribution in [3.8, 4) is 11.6 Å². The summed E-state index contributed by atoms with van der Waals surface area (Å²) >= 11 is 0. The Balaban J connectivity index is 2.29. The third kappa shape index (κ3) is 3.19. The van der Waals surface area contributed by atoms with Gasteiger partial charge in [0.25, 0.3) is 5.69 Å². The van der Waals surface area contributed by atoms with Crippen molar-refractivity contribution < 1.29 is 9.66 Å². The number of benzene rings is 1. The topological polar surface area (TPSA) is 91.3 Å². The summed E-state index contributed by atoms with van der Waals surface area (Å²) in [6.07, 6.45) is 0.877. The molecule has 1 aromatic heterocycles. The first-order chi connectivity index (χ1) is 9.08. The lowest BCUT2D eigenvalue weighted by Crippen LogP contribution is -1.97. The van der Waals surface area contributed by atoms with Crippen LogP contribution in [0, 0.1) is 10.1 Å². The van der Waals surface area contributed by atoms with Crippen molar-refractivity contribution in [1.29, 1.82) is 0 Å². The van der Waals surface area contributed by atoms with Gasteiger partial charge in [0.15, 0.2) is 0 Å². The number of aryl methyl sites for hydroxylation is 1. The average molecular weight is 259 g/mol. The lowest BCUT2D eigenvalue weighted by molar-refractivity contribution is -0.384. The van der Waals surface area contributed by atoms with Gasteiger partial charge in [0, 0.05) is 0 Å². The van der Waals surface area contributed by atoms with Gasteiger partial charge in [-0.05, 0) is 24.1 Å². The second-order valence-electron chi connectivity index (χ2n) is 3.95. The van der Waals surface area contributed by atoms with Crippen LogP contribution in [-0.4, -0.2) is 9.91 Å². The van der Waals surface area contributed by atoms with Crippen molar-refractivity contribution >= 4 is 11.5 Å². The Kier molecular flexibility index (Phi) is 3.61. The molecule has 6 nitrogen and oxygen atoms in total. The van der Waals surface area contributed by atoms with E-state index >= 15 is 0 Å². The monoisotopic (exact) mass is 259 g/mol. The summed E-state index contributed by atoms with van der Waals surface area (Å²) in [5, 5.41) is 10.7. The maximum absolute atomic E-state index is 10.7. The number of nitrogens with two attached hydrogens (primary N) is 1. The zero-order valence-corrected chi connectivity index (χ0v) is 10.4. The molecule has 0 amide bonds. The van der Waals surface area contributed by atoms with Crippen molar-refractivity contribution in [2.24, 2.45) is 0 Å². The van der Waals surface area contributed by atoms with Crippen LogP contribution in [0.5, 0.6) is 11.6 Å². The van der Waals surface area contributed by atoms with E-state index in [-0.39, 0.29) is 17.4 Å². The molecule has 2 rings (SSSR count). The Morgan fingerprint density at radius 1 is 1.37 bits per heavy atom. The summed E-state index contributed by atoms with van der Waals surface area (Å²) in [6, 6.07) is 9.88. The van der Waals surface area contributed by atoms with Gasteiger partial charge in [-0.25, -0.2) is 0 Å². The lowest BCUT2D eigenvalue weighted by atomic mass is 10.2. The van der Waals surface area contributed by atoms with Crippen LogP contribution in [0.3, 0.4) is 0 Å². The SMILES string of the molecule is CCc1cccc(Oc2cc([N+](=O)[O-])cc(N)n2)c1. The first-order valence-corrected chi connectivity index (χ1v) is 5.77. The van der Waals surface area contributed by atoms with E-state index in [0.29, 0.717) is 5.75 Å². The van der Waals surface area contributed by atoms with Crippen LogP contribution < -0.4 is 10.5 Å². The molecule has 19 heavy (non-hydrogen) atoms. The predicted molar refractivity (Wildman–Crippen MR) is 71.2 cm³/mol. The highest BCUT2D eigenvalue weighted by Crippen LogP contribution is 2.25. The average Bonchev–Trinajstić information content (AvgIpc) is 2.38. The molecule has 0 bridgehead atoms. The predicted octanol–water partition coefficient (Wildman–Crippen LogP) is 2.93. The van der Waals surface area contributed by atoms with E-state index in [1.807, 2.05) is 25.1 Å². The molecular weight excluding hydrogens is 246 g/mol. The van der Waals surface area contributed by atoms with Gasteiger partial charge in [0.05, 0.1) is 17.1 Å². The highest BCUT2D eigenvalue weighted by Gasteiger charge is 2.11. The van der Waals surface area contributed by atoms with Crippen LogP contribution in [0.15, 0.2) is 36.4 Å². The number of ether oxygens (including phenoxy) is 1. The fourth-order valence-corrected chi connectivity index (χ4v) is 1.62. The number of anilines is 1. The van der Waals surface area contributed by atoms with Gasteiger partial charge in [0.2, 0.25) is 5.88 Å². The number of nitrogens with zero attached hydrogens (tertiary/aromatic N) is 2. The first-order valence-electron chi connectivity index (χ1n) is 5.77. The number of hydrogen-bond acceptors (Lipinski definition) is 5. The number of hydrogen-bond donors (Lipinski definition) is 1. The van der Waals surface area contributed by atoms with Crippen LogP contribution in [-0.2, 0) is 6.42 Å². The Morgan fingerprint density at radius 3 is 2.84 bits per heavy atom. The molecule has 6 heteroatoms. The van der Waals surface area contributed by atoms with E-state index in [9.17, 15) is 10.1 Å². The molecule has 0 saturated carbocycles. The standard InChI is InChI=1S/C13H13N3O3/c1-2-9-4-3-5-11(6-9)19-13-8-10(16(17)18)7-12(14)15-13/h3-8H,2H2,1H3,(H2,14,15). The van der Waals surface area contributed by atoms with Crippen LogP contribution in [0.4, 0.5) is 11.5 Å². The van der Waals surface area contributed by atoms with Gasteiger partial charge < -0.3 is 10.5 Å². The third-order valence-corrected chi connectivity index (χ3v) is 2.55. The molecule has 1 aromatic carbocycles. The maximum atomic E-state index is 10.7. The van der Waals surface area contributed by atoms with Crippen LogP contribution >= 0.6 is 0 Å². The van der Waals surface area contributed by atoms with E-state index < -0.39 is 4.92 Å². The summed E-state index contributed by atoms with van der Waals surface area (Å²) in [5.74, 6) is 0.738. The van der Waals surface area contributed by atoms with Gasteiger partial charge >= 0.3 is 0 Å². The molecule has 0 radical (unpaired) electrons. The molecule has 0 fully saturated rings. The number of nitro groups is 1. The molecule has 0 unspecified atom stereocenters. The largest absolute Gasteiger partial charge is 0.439 e. The van der Waals surface area contributed by atoms with Crippen LogP contribution in [0.1, 0.15) is 12.5 Å². The number of aromatic nitrogens is 1. The highest BCUT2D eigenvalue weighted by atomic mass is 16.6. The molecule has 98 valence electrons. The van der Waals surface area contributed by atoms with Crippen molar-refractivity contribution in [3.63, 3.8) is 0 Å². The number of pyridine rings is 1. The fourth-order valence-electron chi connectivity index (χ4n) is 1.62.